The number of methoxy groups -OCH3 is 1. The number of carbonyl (C=O) groups excluding carboxylic acids is 2. The summed E-state index contributed by atoms with van der Waals surface area (Å²) in [6.07, 6.45) is 2.95. The van der Waals surface area contributed by atoms with Crippen LogP contribution < -0.4 is 10.2 Å². The predicted octanol–water partition coefficient (Wildman–Crippen LogP) is 2.92. The van der Waals surface area contributed by atoms with Crippen molar-refractivity contribution in [3.63, 3.8) is 0 Å². The third-order valence-corrected chi connectivity index (χ3v) is 5.89. The maximum atomic E-state index is 13.0. The van der Waals surface area contributed by atoms with Crippen molar-refractivity contribution in [1.29, 1.82) is 0 Å². The largest absolute Gasteiger partial charge is 0.465 e. The zero-order valence-corrected chi connectivity index (χ0v) is 17.6. The van der Waals surface area contributed by atoms with Gasteiger partial charge in [0.1, 0.15) is 12.1 Å². The van der Waals surface area contributed by atoms with Crippen LogP contribution in [0.3, 0.4) is 0 Å². The first kappa shape index (κ1) is 19.9. The molecule has 1 saturated heterocycles. The van der Waals surface area contributed by atoms with Gasteiger partial charge in [-0.05, 0) is 47.9 Å². The second-order valence-corrected chi connectivity index (χ2v) is 7.81. The predicted molar refractivity (Wildman–Crippen MR) is 120 cm³/mol. The van der Waals surface area contributed by atoms with Gasteiger partial charge in [-0.25, -0.2) is 4.79 Å². The summed E-state index contributed by atoms with van der Waals surface area (Å²) >= 11 is 0. The van der Waals surface area contributed by atoms with Crippen molar-refractivity contribution in [2.45, 2.75) is 12.8 Å². The number of anilines is 2. The number of ether oxygens (including phenoxy) is 1. The van der Waals surface area contributed by atoms with Crippen molar-refractivity contribution >= 4 is 39.8 Å². The quantitative estimate of drug-likeness (QED) is 0.497. The van der Waals surface area contributed by atoms with Gasteiger partial charge in [0.15, 0.2) is 5.65 Å². The fourth-order valence-corrected chi connectivity index (χ4v) is 4.12. The molecule has 0 unspecified atom stereocenters. The van der Waals surface area contributed by atoms with Gasteiger partial charge in [0.25, 0.3) is 0 Å². The van der Waals surface area contributed by atoms with Crippen molar-refractivity contribution in [2.75, 3.05) is 30.4 Å². The number of benzene rings is 2. The number of rotatable bonds is 4. The minimum Gasteiger partial charge on any atom is -0.465 e. The minimum absolute atomic E-state index is 0.0905. The maximum absolute atomic E-state index is 13.0. The molecule has 2 aromatic heterocycles. The summed E-state index contributed by atoms with van der Waals surface area (Å²) < 4.78 is 6.57. The number of piperidine rings is 1. The van der Waals surface area contributed by atoms with Crippen molar-refractivity contribution in [3.8, 4) is 0 Å². The third-order valence-electron chi connectivity index (χ3n) is 5.89. The number of amides is 1. The van der Waals surface area contributed by atoms with Crippen molar-refractivity contribution in [2.24, 2.45) is 5.92 Å². The Kier molecular flexibility index (Phi) is 5.14. The van der Waals surface area contributed by atoms with Crippen molar-refractivity contribution in [3.05, 3.63) is 60.4 Å². The summed E-state index contributed by atoms with van der Waals surface area (Å²) in [7, 11) is 1.34. The summed E-state index contributed by atoms with van der Waals surface area (Å²) in [4.78, 5) is 27.5. The molecule has 0 atom stereocenters. The van der Waals surface area contributed by atoms with Crippen LogP contribution >= 0.6 is 0 Å². The molecule has 0 aliphatic carbocycles. The first-order chi connectivity index (χ1) is 15.6. The number of esters is 1. The fourth-order valence-electron chi connectivity index (χ4n) is 4.12. The molecule has 0 radical (unpaired) electrons. The van der Waals surface area contributed by atoms with E-state index in [0.29, 0.717) is 42.8 Å². The molecule has 32 heavy (non-hydrogen) atoms. The zero-order chi connectivity index (χ0) is 22.1. The van der Waals surface area contributed by atoms with Crippen LogP contribution in [0.15, 0.2) is 54.9 Å². The highest BCUT2D eigenvalue weighted by Crippen LogP contribution is 2.27. The molecule has 1 aliphatic heterocycles. The third kappa shape index (κ3) is 3.73. The Morgan fingerprint density at radius 2 is 1.81 bits per heavy atom. The lowest BCUT2D eigenvalue weighted by Gasteiger charge is -2.32. The van der Waals surface area contributed by atoms with Crippen molar-refractivity contribution in [1.82, 2.24) is 19.8 Å². The molecule has 0 bridgehead atoms. The molecular weight excluding hydrogens is 408 g/mol. The van der Waals surface area contributed by atoms with E-state index >= 15 is 0 Å². The number of aromatic nitrogens is 4. The highest BCUT2D eigenvalue weighted by atomic mass is 16.5. The van der Waals surface area contributed by atoms with Gasteiger partial charge in [0.2, 0.25) is 5.91 Å². The lowest BCUT2D eigenvalue weighted by atomic mass is 9.95. The van der Waals surface area contributed by atoms with Crippen LogP contribution in [0.4, 0.5) is 11.5 Å². The van der Waals surface area contributed by atoms with Gasteiger partial charge in [0.05, 0.1) is 18.4 Å². The SMILES string of the molecule is COC(=O)c1cc2ccccc2cc1NC(=O)C1CCN(c2ccc3nncn3n2)CC1. The van der Waals surface area contributed by atoms with E-state index < -0.39 is 5.97 Å². The normalized spacial score (nSPS) is 14.6. The molecule has 9 heteroatoms. The Bertz CT molecular complexity index is 1310. The van der Waals surface area contributed by atoms with Crippen LogP contribution in [0, 0.1) is 5.92 Å². The van der Waals surface area contributed by atoms with Crippen LogP contribution in [0.5, 0.6) is 0 Å². The molecule has 0 spiro atoms. The molecule has 5 rings (SSSR count). The van der Waals surface area contributed by atoms with Gasteiger partial charge in [-0.15, -0.1) is 15.3 Å². The van der Waals surface area contributed by atoms with Gasteiger partial charge < -0.3 is 15.0 Å². The lowest BCUT2D eigenvalue weighted by Crippen LogP contribution is -2.38. The average molecular weight is 430 g/mol. The van der Waals surface area contributed by atoms with Gasteiger partial charge in [-0.1, -0.05) is 24.3 Å². The van der Waals surface area contributed by atoms with Crippen LogP contribution in [-0.4, -0.2) is 51.9 Å². The Balaban J connectivity index is 1.30. The molecule has 1 amide bonds. The number of carbonyl (C=O) groups is 2. The Hall–Kier alpha value is -4.01. The first-order valence-electron chi connectivity index (χ1n) is 10.5. The summed E-state index contributed by atoms with van der Waals surface area (Å²) in [5.41, 5.74) is 1.52. The standard InChI is InChI=1S/C23H22N6O3/c1-32-23(31)18-12-16-4-2-3-5-17(16)13-19(18)25-22(30)15-8-10-28(11-9-15)21-7-6-20-26-24-14-29(20)27-21/h2-7,12-15H,8-11H2,1H3,(H,25,30). The number of fused-ring (bicyclic) bond motifs is 2. The number of hydrogen-bond acceptors (Lipinski definition) is 7. The van der Waals surface area contributed by atoms with Gasteiger partial charge >= 0.3 is 5.97 Å². The monoisotopic (exact) mass is 430 g/mol. The van der Waals surface area contributed by atoms with E-state index in [4.69, 9.17) is 4.74 Å². The van der Waals surface area contributed by atoms with E-state index in [2.05, 4.69) is 25.5 Å². The second kappa shape index (κ2) is 8.26. The fraction of sp³-hybridized carbons (Fsp3) is 0.261. The molecule has 0 saturated carbocycles. The zero-order valence-electron chi connectivity index (χ0n) is 17.6. The van der Waals surface area contributed by atoms with Crippen LogP contribution in [0.2, 0.25) is 0 Å². The van der Waals surface area contributed by atoms with Gasteiger partial charge in [-0.3, -0.25) is 4.79 Å². The van der Waals surface area contributed by atoms with E-state index in [9.17, 15) is 9.59 Å². The molecule has 162 valence electrons. The molecule has 3 heterocycles. The van der Waals surface area contributed by atoms with E-state index in [-0.39, 0.29) is 11.8 Å². The van der Waals surface area contributed by atoms with Crippen LogP contribution in [-0.2, 0) is 9.53 Å². The molecular formula is C23H22N6O3. The minimum atomic E-state index is -0.476. The topological polar surface area (TPSA) is 102 Å². The molecule has 9 nitrogen and oxygen atoms in total. The molecule has 4 aromatic rings. The summed E-state index contributed by atoms with van der Waals surface area (Å²) in [5.74, 6) is 0.115. The summed E-state index contributed by atoms with van der Waals surface area (Å²) in [6.45, 7) is 1.42. The molecule has 1 fully saturated rings. The first-order valence-corrected chi connectivity index (χ1v) is 10.5. The lowest BCUT2D eigenvalue weighted by molar-refractivity contribution is -0.120. The van der Waals surface area contributed by atoms with E-state index in [1.807, 2.05) is 42.5 Å². The van der Waals surface area contributed by atoms with Gasteiger partial charge in [0, 0.05) is 19.0 Å². The summed E-state index contributed by atoms with van der Waals surface area (Å²) in [6, 6.07) is 15.1. The Morgan fingerprint density at radius 3 is 2.56 bits per heavy atom. The van der Waals surface area contributed by atoms with Crippen LogP contribution in [0.25, 0.3) is 16.4 Å². The highest BCUT2D eigenvalue weighted by Gasteiger charge is 2.27. The second-order valence-electron chi connectivity index (χ2n) is 7.81. The Labute approximate surface area is 184 Å². The number of nitrogens with zero attached hydrogens (tertiary/aromatic N) is 5. The van der Waals surface area contributed by atoms with E-state index in [1.165, 1.54) is 7.11 Å². The number of hydrogen-bond donors (Lipinski definition) is 1. The van der Waals surface area contributed by atoms with E-state index in [0.717, 1.165) is 16.6 Å². The van der Waals surface area contributed by atoms with Gasteiger partial charge in [-0.2, -0.15) is 4.52 Å². The van der Waals surface area contributed by atoms with Crippen LogP contribution in [0.1, 0.15) is 23.2 Å². The smallest absolute Gasteiger partial charge is 0.339 e. The summed E-state index contributed by atoms with van der Waals surface area (Å²) in [5, 5.41) is 17.2. The molecule has 1 N–H and O–H groups in total. The maximum Gasteiger partial charge on any atom is 0.339 e. The highest BCUT2D eigenvalue weighted by molar-refractivity contribution is 6.06. The Morgan fingerprint density at radius 1 is 1.06 bits per heavy atom. The molecule has 2 aromatic carbocycles. The molecule has 1 aliphatic rings. The van der Waals surface area contributed by atoms with E-state index in [1.54, 1.807) is 16.9 Å². The number of nitrogens with one attached hydrogen (secondary N) is 1. The van der Waals surface area contributed by atoms with Crippen molar-refractivity contribution < 1.29 is 14.3 Å². The average Bonchev–Trinajstić information content (AvgIpc) is 3.31.